The molecule has 7 heteroatoms. The standard InChI is InChI=1S/C17H20N2O4S/c20-15(19-8-4-1-5-9-19)11-23-16(21)10-14-17(22)18-12-6-2-3-7-13(12)24-14/h2-3,6-7,14H,1,4-5,8-11H2,(H,18,22)/t14-/m0/s1. The van der Waals surface area contributed by atoms with Gasteiger partial charge < -0.3 is 15.0 Å². The summed E-state index contributed by atoms with van der Waals surface area (Å²) in [7, 11) is 0. The van der Waals surface area contributed by atoms with Gasteiger partial charge in [-0.2, -0.15) is 0 Å². The van der Waals surface area contributed by atoms with Crippen LogP contribution >= 0.6 is 11.8 Å². The Hall–Kier alpha value is -2.02. The molecule has 0 radical (unpaired) electrons. The van der Waals surface area contributed by atoms with Crippen LogP contribution in [0.25, 0.3) is 0 Å². The van der Waals surface area contributed by atoms with Crippen LogP contribution in [0.5, 0.6) is 0 Å². The van der Waals surface area contributed by atoms with Gasteiger partial charge in [0.1, 0.15) is 0 Å². The third-order valence-corrected chi connectivity index (χ3v) is 5.40. The van der Waals surface area contributed by atoms with Crippen molar-refractivity contribution in [1.29, 1.82) is 0 Å². The van der Waals surface area contributed by atoms with E-state index in [1.165, 1.54) is 11.8 Å². The Bertz CT molecular complexity index is 643. The fourth-order valence-electron chi connectivity index (χ4n) is 2.81. The molecular weight excluding hydrogens is 328 g/mol. The van der Waals surface area contributed by atoms with E-state index in [2.05, 4.69) is 5.32 Å². The van der Waals surface area contributed by atoms with Gasteiger partial charge in [-0.25, -0.2) is 0 Å². The van der Waals surface area contributed by atoms with Gasteiger partial charge in [-0.3, -0.25) is 14.4 Å². The van der Waals surface area contributed by atoms with Crippen molar-refractivity contribution in [3.8, 4) is 0 Å². The Morgan fingerprint density at radius 3 is 2.75 bits per heavy atom. The lowest BCUT2D eigenvalue weighted by Crippen LogP contribution is -2.39. The Kier molecular flexibility index (Phi) is 5.40. The van der Waals surface area contributed by atoms with E-state index < -0.39 is 11.2 Å². The van der Waals surface area contributed by atoms with Crippen molar-refractivity contribution in [2.24, 2.45) is 0 Å². The average molecular weight is 348 g/mol. The van der Waals surface area contributed by atoms with Crippen LogP contribution in [0.3, 0.4) is 0 Å². The molecule has 2 amide bonds. The lowest BCUT2D eigenvalue weighted by atomic mass is 10.1. The van der Waals surface area contributed by atoms with Crippen molar-refractivity contribution >= 4 is 35.2 Å². The highest BCUT2D eigenvalue weighted by atomic mass is 32.2. The van der Waals surface area contributed by atoms with E-state index in [0.29, 0.717) is 0 Å². The first-order chi connectivity index (χ1) is 11.6. The average Bonchev–Trinajstić information content (AvgIpc) is 2.61. The number of nitrogens with one attached hydrogen (secondary N) is 1. The number of ether oxygens (including phenoxy) is 1. The van der Waals surface area contributed by atoms with Gasteiger partial charge in [0.25, 0.3) is 5.91 Å². The zero-order valence-corrected chi connectivity index (χ0v) is 14.1. The molecule has 1 fully saturated rings. The second-order valence-corrected chi connectivity index (χ2v) is 7.14. The second-order valence-electron chi connectivity index (χ2n) is 5.90. The number of anilines is 1. The minimum atomic E-state index is -0.530. The molecule has 2 aliphatic rings. The van der Waals surface area contributed by atoms with Crippen molar-refractivity contribution in [3.63, 3.8) is 0 Å². The van der Waals surface area contributed by atoms with E-state index >= 15 is 0 Å². The lowest BCUT2D eigenvalue weighted by Gasteiger charge is -2.26. The molecule has 1 N–H and O–H groups in total. The largest absolute Gasteiger partial charge is 0.456 e. The van der Waals surface area contributed by atoms with Crippen LogP contribution in [0.2, 0.25) is 0 Å². The molecule has 0 saturated carbocycles. The number of rotatable bonds is 4. The number of para-hydroxylation sites is 1. The Morgan fingerprint density at radius 2 is 1.96 bits per heavy atom. The van der Waals surface area contributed by atoms with E-state index in [-0.39, 0.29) is 24.8 Å². The van der Waals surface area contributed by atoms with E-state index in [1.54, 1.807) is 4.90 Å². The summed E-state index contributed by atoms with van der Waals surface area (Å²) in [4.78, 5) is 38.7. The van der Waals surface area contributed by atoms with Gasteiger partial charge in [-0.1, -0.05) is 12.1 Å². The molecule has 1 saturated heterocycles. The van der Waals surface area contributed by atoms with Crippen LogP contribution in [0.15, 0.2) is 29.2 Å². The molecule has 0 spiro atoms. The van der Waals surface area contributed by atoms with Gasteiger partial charge in [0, 0.05) is 18.0 Å². The smallest absolute Gasteiger partial charge is 0.307 e. The summed E-state index contributed by atoms with van der Waals surface area (Å²) in [5.74, 6) is -0.889. The molecule has 2 aliphatic heterocycles. The highest BCUT2D eigenvalue weighted by Gasteiger charge is 2.29. The topological polar surface area (TPSA) is 75.7 Å². The van der Waals surface area contributed by atoms with Crippen LogP contribution in [0, 0.1) is 0 Å². The third-order valence-electron chi connectivity index (χ3n) is 4.12. The molecule has 1 aromatic rings. The summed E-state index contributed by atoms with van der Waals surface area (Å²) in [6.07, 6.45) is 3.09. The number of likely N-dealkylation sites (tertiary alicyclic amines) is 1. The summed E-state index contributed by atoms with van der Waals surface area (Å²) < 4.78 is 5.07. The number of thioether (sulfide) groups is 1. The maximum atomic E-state index is 12.1. The van der Waals surface area contributed by atoms with Crippen LogP contribution in [0.4, 0.5) is 5.69 Å². The number of amides is 2. The summed E-state index contributed by atoms with van der Waals surface area (Å²) in [6, 6.07) is 7.46. The van der Waals surface area contributed by atoms with E-state index in [1.807, 2.05) is 24.3 Å². The molecule has 2 heterocycles. The number of piperidine rings is 1. The van der Waals surface area contributed by atoms with Crippen LogP contribution in [-0.2, 0) is 19.1 Å². The van der Waals surface area contributed by atoms with E-state index in [4.69, 9.17) is 4.74 Å². The number of carbonyl (C=O) groups excluding carboxylic acids is 3. The van der Waals surface area contributed by atoms with E-state index in [9.17, 15) is 14.4 Å². The minimum absolute atomic E-state index is 0.0435. The molecule has 0 unspecified atom stereocenters. The molecule has 6 nitrogen and oxygen atoms in total. The predicted octanol–water partition coefficient (Wildman–Crippen LogP) is 2.05. The number of carbonyl (C=O) groups is 3. The SMILES string of the molecule is O=C(C[C@@H]1Sc2ccccc2NC1=O)OCC(=O)N1CCCCC1. The molecule has 3 rings (SSSR count). The molecular formula is C17H20N2O4S. The number of esters is 1. The van der Waals surface area contributed by atoms with Crippen molar-refractivity contribution < 1.29 is 19.1 Å². The van der Waals surface area contributed by atoms with Crippen molar-refractivity contribution in [3.05, 3.63) is 24.3 Å². The van der Waals surface area contributed by atoms with E-state index in [0.717, 1.165) is 42.9 Å². The second kappa shape index (κ2) is 7.70. The predicted molar refractivity (Wildman–Crippen MR) is 90.7 cm³/mol. The van der Waals surface area contributed by atoms with Gasteiger partial charge in [0.15, 0.2) is 6.61 Å². The van der Waals surface area contributed by atoms with Gasteiger partial charge in [0.05, 0.1) is 17.4 Å². The van der Waals surface area contributed by atoms with Crippen LogP contribution < -0.4 is 5.32 Å². The van der Waals surface area contributed by atoms with Gasteiger partial charge in [-0.15, -0.1) is 11.8 Å². The molecule has 24 heavy (non-hydrogen) atoms. The number of hydrogen-bond donors (Lipinski definition) is 1. The Morgan fingerprint density at radius 1 is 1.21 bits per heavy atom. The quantitative estimate of drug-likeness (QED) is 0.843. The van der Waals surface area contributed by atoms with Gasteiger partial charge >= 0.3 is 5.97 Å². The zero-order chi connectivity index (χ0) is 16.9. The maximum absolute atomic E-state index is 12.1. The monoisotopic (exact) mass is 348 g/mol. The van der Waals surface area contributed by atoms with Crippen LogP contribution in [-0.4, -0.2) is 47.6 Å². The summed E-state index contributed by atoms with van der Waals surface area (Å²) >= 11 is 1.35. The molecule has 0 aromatic heterocycles. The molecule has 0 bridgehead atoms. The molecule has 1 atom stereocenters. The number of hydrogen-bond acceptors (Lipinski definition) is 5. The summed E-state index contributed by atoms with van der Waals surface area (Å²) in [6.45, 7) is 1.22. The Balaban J connectivity index is 1.48. The summed E-state index contributed by atoms with van der Waals surface area (Å²) in [5, 5.41) is 2.26. The number of nitrogens with zero attached hydrogens (tertiary/aromatic N) is 1. The first-order valence-corrected chi connectivity index (χ1v) is 9.01. The summed E-state index contributed by atoms with van der Waals surface area (Å²) in [5.41, 5.74) is 0.761. The van der Waals surface area contributed by atoms with Crippen molar-refractivity contribution in [2.75, 3.05) is 25.0 Å². The normalized spacial score (nSPS) is 20.1. The fourth-order valence-corrected chi connectivity index (χ4v) is 3.91. The fraction of sp³-hybridized carbons (Fsp3) is 0.471. The van der Waals surface area contributed by atoms with Crippen molar-refractivity contribution in [2.45, 2.75) is 35.8 Å². The van der Waals surface area contributed by atoms with Gasteiger partial charge in [0.2, 0.25) is 5.91 Å². The first-order valence-electron chi connectivity index (χ1n) is 8.13. The number of benzene rings is 1. The zero-order valence-electron chi connectivity index (χ0n) is 13.3. The minimum Gasteiger partial charge on any atom is -0.456 e. The Labute approximate surface area is 144 Å². The molecule has 0 aliphatic carbocycles. The lowest BCUT2D eigenvalue weighted by molar-refractivity contribution is -0.152. The molecule has 1 aromatic carbocycles. The third kappa shape index (κ3) is 4.08. The van der Waals surface area contributed by atoms with Crippen molar-refractivity contribution in [1.82, 2.24) is 4.90 Å². The highest BCUT2D eigenvalue weighted by Crippen LogP contribution is 2.36. The highest BCUT2D eigenvalue weighted by molar-refractivity contribution is 8.01. The maximum Gasteiger partial charge on any atom is 0.307 e. The van der Waals surface area contributed by atoms with Crippen LogP contribution in [0.1, 0.15) is 25.7 Å². The first kappa shape index (κ1) is 16.8. The number of fused-ring (bicyclic) bond motifs is 1. The molecule has 128 valence electrons. The van der Waals surface area contributed by atoms with Gasteiger partial charge in [-0.05, 0) is 31.4 Å².